The van der Waals surface area contributed by atoms with Gasteiger partial charge in [0.2, 0.25) is 5.91 Å². The molecule has 3 heterocycles. The molecule has 0 fully saturated rings. The van der Waals surface area contributed by atoms with Crippen molar-refractivity contribution < 1.29 is 14.3 Å². The minimum absolute atomic E-state index is 0.0666. The molecule has 7 nitrogen and oxygen atoms in total. The molecule has 0 aliphatic carbocycles. The first-order valence-electron chi connectivity index (χ1n) is 8.73. The maximum Gasteiger partial charge on any atom is 0.233 e. The summed E-state index contributed by atoms with van der Waals surface area (Å²) in [4.78, 5) is 26.3. The molecule has 0 spiro atoms. The van der Waals surface area contributed by atoms with E-state index in [9.17, 15) is 4.79 Å². The van der Waals surface area contributed by atoms with E-state index in [0.29, 0.717) is 40.4 Å². The number of nitrogens with one attached hydrogen (secondary N) is 1. The number of imidazole rings is 1. The summed E-state index contributed by atoms with van der Waals surface area (Å²) < 4.78 is 10.7. The molecule has 0 radical (unpaired) electrons. The first kappa shape index (κ1) is 18.9. The third-order valence-electron chi connectivity index (χ3n) is 4.69. The molecule has 0 atom stereocenters. The molecule has 2 aromatic heterocycles. The highest BCUT2D eigenvalue weighted by Gasteiger charge is 2.23. The quantitative estimate of drug-likeness (QED) is 0.640. The lowest BCUT2D eigenvalue weighted by Crippen LogP contribution is -2.37. The molecule has 1 amide bonds. The molecular formula is C19H19ClN4O3S. The predicted molar refractivity (Wildman–Crippen MR) is 108 cm³/mol. The highest BCUT2D eigenvalue weighted by atomic mass is 35.5. The second-order valence-corrected chi connectivity index (χ2v) is 7.80. The largest absolute Gasteiger partial charge is 0.493 e. The Morgan fingerprint density at radius 3 is 2.75 bits per heavy atom. The Bertz CT molecular complexity index is 1040. The number of fused-ring (bicyclic) bond motifs is 2. The monoisotopic (exact) mass is 418 g/mol. The summed E-state index contributed by atoms with van der Waals surface area (Å²) in [5, 5.41) is 1.20. The van der Waals surface area contributed by atoms with Crippen LogP contribution in [0.1, 0.15) is 11.1 Å². The van der Waals surface area contributed by atoms with E-state index in [2.05, 4.69) is 15.0 Å². The SMILES string of the molecule is COc1cc2c(cc1OC)CN(C(=O)CSc1nc3ncc(Cl)cc3[nH]1)CC2. The molecule has 4 rings (SSSR count). The van der Waals surface area contributed by atoms with Crippen LogP contribution in [0.2, 0.25) is 5.02 Å². The fourth-order valence-corrected chi connectivity index (χ4v) is 4.17. The van der Waals surface area contributed by atoms with Gasteiger partial charge >= 0.3 is 0 Å². The summed E-state index contributed by atoms with van der Waals surface area (Å²) in [5.74, 6) is 1.77. The second-order valence-electron chi connectivity index (χ2n) is 6.40. The third kappa shape index (κ3) is 3.74. The van der Waals surface area contributed by atoms with E-state index in [4.69, 9.17) is 21.1 Å². The predicted octanol–water partition coefficient (Wildman–Crippen LogP) is 3.31. The zero-order chi connectivity index (χ0) is 19.7. The van der Waals surface area contributed by atoms with Gasteiger partial charge in [0, 0.05) is 19.3 Å². The van der Waals surface area contributed by atoms with Crippen LogP contribution in [0.4, 0.5) is 0 Å². The Kier molecular flexibility index (Phi) is 5.32. The Morgan fingerprint density at radius 2 is 2.00 bits per heavy atom. The molecule has 0 saturated heterocycles. The Hall–Kier alpha value is -2.45. The molecule has 146 valence electrons. The van der Waals surface area contributed by atoms with Crippen molar-refractivity contribution in [2.75, 3.05) is 26.5 Å². The molecule has 1 N–H and O–H groups in total. The van der Waals surface area contributed by atoms with Gasteiger partial charge in [0.05, 0.1) is 30.5 Å². The van der Waals surface area contributed by atoms with Crippen molar-refractivity contribution in [3.63, 3.8) is 0 Å². The van der Waals surface area contributed by atoms with Crippen molar-refractivity contribution in [2.24, 2.45) is 0 Å². The van der Waals surface area contributed by atoms with E-state index in [-0.39, 0.29) is 5.91 Å². The molecular weight excluding hydrogens is 400 g/mol. The number of aromatic amines is 1. The molecule has 0 unspecified atom stereocenters. The van der Waals surface area contributed by atoms with Crippen LogP contribution in [-0.2, 0) is 17.8 Å². The lowest BCUT2D eigenvalue weighted by atomic mass is 9.99. The standard InChI is InChI=1S/C19H19ClN4O3S/c1-26-15-5-11-3-4-24(9-12(11)6-16(15)27-2)17(25)10-28-19-22-14-7-13(20)8-21-18(14)23-19/h5-8H,3-4,9-10H2,1-2H3,(H,21,22,23). The molecule has 3 aromatic rings. The van der Waals surface area contributed by atoms with Crippen molar-refractivity contribution in [2.45, 2.75) is 18.1 Å². The fraction of sp³-hybridized carbons (Fsp3) is 0.316. The van der Waals surface area contributed by atoms with Crippen molar-refractivity contribution in [3.8, 4) is 11.5 Å². The first-order valence-corrected chi connectivity index (χ1v) is 10.1. The Balaban J connectivity index is 1.43. The number of thioether (sulfide) groups is 1. The average Bonchev–Trinajstić information content (AvgIpc) is 3.12. The normalized spacial score (nSPS) is 13.5. The van der Waals surface area contributed by atoms with Gasteiger partial charge < -0.3 is 19.4 Å². The number of carbonyl (C=O) groups is 1. The smallest absolute Gasteiger partial charge is 0.233 e. The summed E-state index contributed by atoms with van der Waals surface area (Å²) in [6, 6.07) is 5.72. The number of benzene rings is 1. The van der Waals surface area contributed by atoms with Crippen LogP contribution >= 0.6 is 23.4 Å². The van der Waals surface area contributed by atoms with E-state index < -0.39 is 0 Å². The molecule has 0 bridgehead atoms. The summed E-state index contributed by atoms with van der Waals surface area (Å²) in [5.41, 5.74) is 3.63. The molecule has 28 heavy (non-hydrogen) atoms. The highest BCUT2D eigenvalue weighted by Crippen LogP contribution is 2.33. The number of nitrogens with zero attached hydrogens (tertiary/aromatic N) is 3. The van der Waals surface area contributed by atoms with Crippen molar-refractivity contribution in [1.29, 1.82) is 0 Å². The number of methoxy groups -OCH3 is 2. The highest BCUT2D eigenvalue weighted by molar-refractivity contribution is 7.99. The van der Waals surface area contributed by atoms with E-state index in [0.717, 1.165) is 23.3 Å². The van der Waals surface area contributed by atoms with E-state index in [1.54, 1.807) is 26.5 Å². The molecule has 1 aromatic carbocycles. The van der Waals surface area contributed by atoms with Crippen LogP contribution in [0.25, 0.3) is 11.2 Å². The summed E-state index contributed by atoms with van der Waals surface area (Å²) in [6.07, 6.45) is 2.35. The van der Waals surface area contributed by atoms with Crippen LogP contribution in [0, 0.1) is 0 Å². The van der Waals surface area contributed by atoms with Gasteiger partial charge in [-0.3, -0.25) is 4.79 Å². The maximum atomic E-state index is 12.7. The lowest BCUT2D eigenvalue weighted by molar-refractivity contribution is -0.129. The number of pyridine rings is 1. The molecule has 9 heteroatoms. The van der Waals surface area contributed by atoms with Crippen molar-refractivity contribution in [1.82, 2.24) is 19.9 Å². The third-order valence-corrected chi connectivity index (χ3v) is 5.75. The zero-order valence-corrected chi connectivity index (χ0v) is 17.1. The Morgan fingerprint density at radius 1 is 1.25 bits per heavy atom. The summed E-state index contributed by atoms with van der Waals surface area (Å²) >= 11 is 7.31. The average molecular weight is 419 g/mol. The zero-order valence-electron chi connectivity index (χ0n) is 15.5. The Labute approximate surface area is 171 Å². The number of hydrogen-bond donors (Lipinski definition) is 1. The van der Waals surface area contributed by atoms with E-state index in [1.165, 1.54) is 17.3 Å². The summed E-state index contributed by atoms with van der Waals surface area (Å²) in [7, 11) is 3.24. The number of hydrogen-bond acceptors (Lipinski definition) is 6. The van der Waals surface area contributed by atoms with E-state index in [1.807, 2.05) is 17.0 Å². The van der Waals surface area contributed by atoms with Gasteiger partial charge in [-0.1, -0.05) is 23.4 Å². The van der Waals surface area contributed by atoms with Gasteiger partial charge in [-0.2, -0.15) is 0 Å². The van der Waals surface area contributed by atoms with Crippen LogP contribution in [-0.4, -0.2) is 52.3 Å². The molecule has 0 saturated carbocycles. The van der Waals surface area contributed by atoms with Gasteiger partial charge in [0.15, 0.2) is 22.3 Å². The fourth-order valence-electron chi connectivity index (χ4n) is 3.24. The van der Waals surface area contributed by atoms with Gasteiger partial charge in [-0.25, -0.2) is 9.97 Å². The van der Waals surface area contributed by atoms with Gasteiger partial charge in [0.1, 0.15) is 0 Å². The number of amides is 1. The minimum atomic E-state index is 0.0666. The van der Waals surface area contributed by atoms with Crippen LogP contribution in [0.3, 0.4) is 0 Å². The van der Waals surface area contributed by atoms with Gasteiger partial charge in [-0.15, -0.1) is 0 Å². The maximum absolute atomic E-state index is 12.7. The van der Waals surface area contributed by atoms with Crippen molar-refractivity contribution >= 4 is 40.4 Å². The van der Waals surface area contributed by atoms with Crippen LogP contribution in [0.15, 0.2) is 29.6 Å². The number of halogens is 1. The van der Waals surface area contributed by atoms with E-state index >= 15 is 0 Å². The second kappa shape index (κ2) is 7.89. The van der Waals surface area contributed by atoms with Crippen LogP contribution in [0.5, 0.6) is 11.5 Å². The number of rotatable bonds is 5. The number of H-pyrrole nitrogens is 1. The minimum Gasteiger partial charge on any atom is -0.493 e. The van der Waals surface area contributed by atoms with Crippen LogP contribution < -0.4 is 9.47 Å². The van der Waals surface area contributed by atoms with Gasteiger partial charge in [0.25, 0.3) is 0 Å². The van der Waals surface area contributed by atoms with Gasteiger partial charge in [-0.05, 0) is 35.7 Å². The number of aromatic nitrogens is 3. The number of ether oxygens (including phenoxy) is 2. The topological polar surface area (TPSA) is 80.3 Å². The van der Waals surface area contributed by atoms with Crippen molar-refractivity contribution in [3.05, 3.63) is 40.5 Å². The number of carbonyl (C=O) groups excluding carboxylic acids is 1. The molecule has 1 aliphatic rings. The lowest BCUT2D eigenvalue weighted by Gasteiger charge is -2.29. The first-order chi connectivity index (χ1) is 13.6. The molecule has 1 aliphatic heterocycles. The summed E-state index contributed by atoms with van der Waals surface area (Å²) in [6.45, 7) is 1.24.